The molecule has 0 saturated heterocycles. The lowest BCUT2D eigenvalue weighted by Gasteiger charge is -2.15. The first kappa shape index (κ1) is 24.0. The minimum Gasteiger partial charge on any atom is -0.497 e. The van der Waals surface area contributed by atoms with Gasteiger partial charge in [0.1, 0.15) is 5.75 Å². The number of nitrogens with zero attached hydrogens (tertiary/aromatic N) is 4. The smallest absolute Gasteiger partial charge is 0.255 e. The lowest BCUT2D eigenvalue weighted by Crippen LogP contribution is -2.22. The Kier molecular flexibility index (Phi) is 7.74. The lowest BCUT2D eigenvalue weighted by atomic mass is 10.2. The summed E-state index contributed by atoms with van der Waals surface area (Å²) in [4.78, 5) is 14.8. The average Bonchev–Trinajstić information content (AvgIpc) is 3.37. The minimum absolute atomic E-state index is 0.189. The van der Waals surface area contributed by atoms with Crippen LogP contribution in [0.5, 0.6) is 5.75 Å². The predicted molar refractivity (Wildman–Crippen MR) is 139 cm³/mol. The van der Waals surface area contributed by atoms with Crippen molar-refractivity contribution >= 4 is 23.0 Å². The number of aromatic nitrogens is 3. The number of methoxy groups -OCH3 is 1. The predicted octanol–water partition coefficient (Wildman–Crippen LogP) is 5.11. The van der Waals surface area contributed by atoms with E-state index in [1.165, 1.54) is 0 Å². The van der Waals surface area contributed by atoms with Gasteiger partial charge in [-0.3, -0.25) is 9.69 Å². The molecule has 0 atom stereocenters. The van der Waals surface area contributed by atoms with Crippen LogP contribution in [0.4, 0.5) is 17.1 Å². The second-order valence-electron chi connectivity index (χ2n) is 8.05. The Morgan fingerprint density at radius 1 is 0.943 bits per heavy atom. The van der Waals surface area contributed by atoms with Crippen molar-refractivity contribution in [2.75, 3.05) is 30.8 Å². The highest BCUT2D eigenvalue weighted by atomic mass is 16.5. The van der Waals surface area contributed by atoms with Gasteiger partial charge in [-0.05, 0) is 73.8 Å². The largest absolute Gasteiger partial charge is 0.497 e. The van der Waals surface area contributed by atoms with Crippen LogP contribution in [0.3, 0.4) is 0 Å². The van der Waals surface area contributed by atoms with E-state index in [4.69, 9.17) is 4.74 Å². The molecule has 35 heavy (non-hydrogen) atoms. The van der Waals surface area contributed by atoms with E-state index in [1.54, 1.807) is 36.1 Å². The van der Waals surface area contributed by atoms with Gasteiger partial charge < -0.3 is 15.4 Å². The number of benzene rings is 3. The van der Waals surface area contributed by atoms with Crippen LogP contribution in [0, 0.1) is 0 Å². The molecule has 0 radical (unpaired) electrons. The lowest BCUT2D eigenvalue weighted by molar-refractivity contribution is 0.102. The van der Waals surface area contributed by atoms with Crippen molar-refractivity contribution < 1.29 is 9.53 Å². The fraction of sp³-hybridized carbons (Fsp3) is 0.222. The molecule has 4 aromatic rings. The van der Waals surface area contributed by atoms with E-state index in [2.05, 4.69) is 39.7 Å². The molecule has 8 heteroatoms. The van der Waals surface area contributed by atoms with E-state index < -0.39 is 0 Å². The molecule has 3 aromatic carbocycles. The quantitative estimate of drug-likeness (QED) is 0.335. The van der Waals surface area contributed by atoms with Gasteiger partial charge in [0.05, 0.1) is 24.7 Å². The van der Waals surface area contributed by atoms with Gasteiger partial charge >= 0.3 is 0 Å². The van der Waals surface area contributed by atoms with E-state index in [-0.39, 0.29) is 5.91 Å². The third kappa shape index (κ3) is 6.24. The standard InChI is InChI=1S/C27H30N6O2/c1-4-32(5-2)18-24-19-33(31-30-24)25-10-7-9-23(17-25)28-21-12-14-22(15-13-21)29-27(34)20-8-6-11-26(16-20)35-3/h6-17,19,28H,4-5,18H2,1-3H3,(H,29,34). The summed E-state index contributed by atoms with van der Waals surface area (Å²) >= 11 is 0. The molecule has 0 aliphatic carbocycles. The molecule has 1 aromatic heterocycles. The fourth-order valence-electron chi connectivity index (χ4n) is 3.67. The van der Waals surface area contributed by atoms with Crippen LogP contribution >= 0.6 is 0 Å². The Hall–Kier alpha value is -4.17. The van der Waals surface area contributed by atoms with Crippen LogP contribution in [0.1, 0.15) is 29.9 Å². The summed E-state index contributed by atoms with van der Waals surface area (Å²) in [7, 11) is 1.58. The summed E-state index contributed by atoms with van der Waals surface area (Å²) < 4.78 is 6.98. The van der Waals surface area contributed by atoms with Crippen molar-refractivity contribution in [1.82, 2.24) is 19.9 Å². The van der Waals surface area contributed by atoms with E-state index >= 15 is 0 Å². The Morgan fingerprint density at radius 3 is 2.43 bits per heavy atom. The molecule has 1 heterocycles. The number of carbonyl (C=O) groups excluding carboxylic acids is 1. The maximum absolute atomic E-state index is 12.5. The number of amides is 1. The Bertz CT molecular complexity index is 1260. The van der Waals surface area contributed by atoms with E-state index in [0.717, 1.165) is 42.4 Å². The normalized spacial score (nSPS) is 10.9. The minimum atomic E-state index is -0.189. The second-order valence-corrected chi connectivity index (χ2v) is 8.05. The molecule has 8 nitrogen and oxygen atoms in total. The molecule has 4 rings (SSSR count). The van der Waals surface area contributed by atoms with Crippen molar-refractivity contribution in [2.24, 2.45) is 0 Å². The molecule has 0 aliphatic rings. The monoisotopic (exact) mass is 470 g/mol. The Labute approximate surface area is 205 Å². The second kappa shape index (κ2) is 11.3. The molecular formula is C27H30N6O2. The number of nitrogens with one attached hydrogen (secondary N) is 2. The molecular weight excluding hydrogens is 440 g/mol. The van der Waals surface area contributed by atoms with E-state index in [9.17, 15) is 4.79 Å². The SMILES string of the molecule is CCN(CC)Cc1cn(-c2cccc(Nc3ccc(NC(=O)c4cccc(OC)c4)cc3)c2)nn1. The molecule has 0 fully saturated rings. The number of rotatable bonds is 10. The molecule has 0 bridgehead atoms. The summed E-state index contributed by atoms with van der Waals surface area (Å²) in [6.07, 6.45) is 1.97. The van der Waals surface area contributed by atoms with Gasteiger partial charge in [-0.25, -0.2) is 4.68 Å². The molecule has 0 saturated carbocycles. The van der Waals surface area contributed by atoms with Crippen molar-refractivity contribution in [3.05, 3.63) is 90.3 Å². The number of carbonyl (C=O) groups is 1. The van der Waals surface area contributed by atoms with E-state index in [0.29, 0.717) is 17.0 Å². The highest BCUT2D eigenvalue weighted by Crippen LogP contribution is 2.22. The maximum Gasteiger partial charge on any atom is 0.255 e. The van der Waals surface area contributed by atoms with Gasteiger partial charge in [0, 0.05) is 29.2 Å². The highest BCUT2D eigenvalue weighted by Gasteiger charge is 2.09. The van der Waals surface area contributed by atoms with Crippen molar-refractivity contribution in [3.63, 3.8) is 0 Å². The maximum atomic E-state index is 12.5. The van der Waals surface area contributed by atoms with Crippen molar-refractivity contribution in [2.45, 2.75) is 20.4 Å². The van der Waals surface area contributed by atoms with Crippen molar-refractivity contribution in [3.8, 4) is 11.4 Å². The van der Waals surface area contributed by atoms with Gasteiger partial charge in [0.25, 0.3) is 5.91 Å². The first-order valence-corrected chi connectivity index (χ1v) is 11.6. The van der Waals surface area contributed by atoms with Gasteiger partial charge in [0.15, 0.2) is 0 Å². The molecule has 0 unspecified atom stereocenters. The first-order valence-electron chi connectivity index (χ1n) is 11.6. The Balaban J connectivity index is 1.40. The molecule has 180 valence electrons. The topological polar surface area (TPSA) is 84.3 Å². The first-order chi connectivity index (χ1) is 17.1. The average molecular weight is 471 g/mol. The Morgan fingerprint density at radius 2 is 1.69 bits per heavy atom. The molecule has 2 N–H and O–H groups in total. The summed E-state index contributed by atoms with van der Waals surface area (Å²) in [5.74, 6) is 0.455. The number of hydrogen-bond acceptors (Lipinski definition) is 6. The number of anilines is 3. The summed E-state index contributed by atoms with van der Waals surface area (Å²) in [5.41, 5.74) is 4.95. The van der Waals surface area contributed by atoms with Crippen molar-refractivity contribution in [1.29, 1.82) is 0 Å². The molecule has 0 spiro atoms. The van der Waals surface area contributed by atoms with Crippen LogP contribution in [-0.4, -0.2) is 46.0 Å². The van der Waals surface area contributed by atoms with Gasteiger partial charge in [-0.2, -0.15) is 0 Å². The summed E-state index contributed by atoms with van der Waals surface area (Å²) in [6, 6.07) is 22.6. The molecule has 0 aliphatic heterocycles. The zero-order valence-electron chi connectivity index (χ0n) is 20.2. The van der Waals surface area contributed by atoms with Gasteiger partial charge in [0.2, 0.25) is 0 Å². The van der Waals surface area contributed by atoms with Crippen LogP contribution < -0.4 is 15.4 Å². The molecule has 1 amide bonds. The van der Waals surface area contributed by atoms with Gasteiger partial charge in [-0.1, -0.05) is 31.2 Å². The third-order valence-electron chi connectivity index (χ3n) is 5.69. The van der Waals surface area contributed by atoms with Crippen LogP contribution in [0.15, 0.2) is 79.0 Å². The fourth-order valence-corrected chi connectivity index (χ4v) is 3.67. The summed E-state index contributed by atoms with van der Waals surface area (Å²) in [6.45, 7) is 7.03. The zero-order chi connectivity index (χ0) is 24.6. The number of hydrogen-bond donors (Lipinski definition) is 2. The third-order valence-corrected chi connectivity index (χ3v) is 5.69. The zero-order valence-corrected chi connectivity index (χ0v) is 20.2. The van der Waals surface area contributed by atoms with Gasteiger partial charge in [-0.15, -0.1) is 5.10 Å². The van der Waals surface area contributed by atoms with Crippen LogP contribution in [0.25, 0.3) is 5.69 Å². The number of ether oxygens (including phenoxy) is 1. The van der Waals surface area contributed by atoms with Crippen LogP contribution in [-0.2, 0) is 6.54 Å². The van der Waals surface area contributed by atoms with Crippen LogP contribution in [0.2, 0.25) is 0 Å². The highest BCUT2D eigenvalue weighted by molar-refractivity contribution is 6.04. The summed E-state index contributed by atoms with van der Waals surface area (Å²) in [5, 5.41) is 14.9. The van der Waals surface area contributed by atoms with E-state index in [1.807, 2.05) is 54.7 Å².